The zero-order valence-corrected chi connectivity index (χ0v) is 14.4. The number of hydrogen-bond donors (Lipinski definition) is 2. The Hall–Kier alpha value is -2.88. The molecule has 0 saturated heterocycles. The third kappa shape index (κ3) is 4.15. The van der Waals surface area contributed by atoms with Crippen LogP contribution in [0.3, 0.4) is 0 Å². The van der Waals surface area contributed by atoms with Crippen LogP contribution in [-0.4, -0.2) is 17.9 Å². The molecule has 2 rings (SSSR count). The lowest BCUT2D eigenvalue weighted by atomic mass is 9.75. The summed E-state index contributed by atoms with van der Waals surface area (Å²) in [6.07, 6.45) is 2.74. The van der Waals surface area contributed by atoms with Crippen molar-refractivity contribution in [2.24, 2.45) is 5.73 Å². The number of carbonyl (C=O) groups is 2. The summed E-state index contributed by atoms with van der Waals surface area (Å²) in [5.74, 6) is -0.795. The highest BCUT2D eigenvalue weighted by atomic mass is 16.2. The average Bonchev–Trinajstić information content (AvgIpc) is 2.65. The van der Waals surface area contributed by atoms with Gasteiger partial charge < -0.3 is 11.1 Å². The van der Waals surface area contributed by atoms with Gasteiger partial charge in [0.05, 0.1) is 5.41 Å². The highest BCUT2D eigenvalue weighted by Gasteiger charge is 2.38. The Morgan fingerprint density at radius 3 is 1.96 bits per heavy atom. The van der Waals surface area contributed by atoms with Crippen molar-refractivity contribution < 1.29 is 9.59 Å². The fourth-order valence-electron chi connectivity index (χ4n) is 2.84. The molecule has 130 valence electrons. The molecule has 0 aliphatic carbocycles. The summed E-state index contributed by atoms with van der Waals surface area (Å²) in [4.78, 5) is 24.9. The molecule has 0 aromatic heterocycles. The largest absolute Gasteiger partial charge is 0.368 e. The maximum atomic E-state index is 13.2. The Morgan fingerprint density at radius 1 is 1.08 bits per heavy atom. The second-order valence-corrected chi connectivity index (χ2v) is 6.15. The second kappa shape index (κ2) is 8.29. The molecule has 0 radical (unpaired) electrons. The van der Waals surface area contributed by atoms with E-state index < -0.39 is 17.4 Å². The van der Waals surface area contributed by atoms with Gasteiger partial charge in [-0.05, 0) is 30.9 Å². The van der Waals surface area contributed by atoms with E-state index in [1.807, 2.05) is 67.6 Å². The molecule has 0 unspecified atom stereocenters. The summed E-state index contributed by atoms with van der Waals surface area (Å²) < 4.78 is 0. The number of rotatable bonds is 8. The molecular formula is C21H24N2O2. The number of hydrogen-bond acceptors (Lipinski definition) is 2. The zero-order valence-electron chi connectivity index (χ0n) is 14.4. The van der Waals surface area contributed by atoms with E-state index in [2.05, 4.69) is 11.9 Å². The molecule has 0 fully saturated rings. The van der Waals surface area contributed by atoms with E-state index in [1.54, 1.807) is 6.08 Å². The van der Waals surface area contributed by atoms with Crippen molar-refractivity contribution in [3.8, 4) is 0 Å². The number of benzene rings is 2. The smallest absolute Gasteiger partial charge is 0.240 e. The molecular weight excluding hydrogens is 312 g/mol. The molecule has 2 aromatic carbocycles. The summed E-state index contributed by atoms with van der Waals surface area (Å²) in [5, 5.41) is 2.83. The topological polar surface area (TPSA) is 72.2 Å². The van der Waals surface area contributed by atoms with Crippen molar-refractivity contribution in [1.82, 2.24) is 5.32 Å². The number of primary amides is 1. The minimum absolute atomic E-state index is 0.252. The Balaban J connectivity index is 2.40. The maximum Gasteiger partial charge on any atom is 0.240 e. The Labute approximate surface area is 148 Å². The fraction of sp³-hybridized carbons (Fsp3) is 0.238. The van der Waals surface area contributed by atoms with E-state index >= 15 is 0 Å². The molecule has 0 saturated carbocycles. The second-order valence-electron chi connectivity index (χ2n) is 6.15. The van der Waals surface area contributed by atoms with Gasteiger partial charge in [-0.25, -0.2) is 0 Å². The number of nitrogens with one attached hydrogen (secondary N) is 1. The highest BCUT2D eigenvalue weighted by Crippen LogP contribution is 2.32. The molecule has 1 atom stereocenters. The van der Waals surface area contributed by atoms with E-state index in [1.165, 1.54) is 0 Å². The quantitative estimate of drug-likeness (QED) is 0.728. The molecule has 2 amide bonds. The van der Waals surface area contributed by atoms with Gasteiger partial charge in [0, 0.05) is 0 Å². The third-order valence-corrected chi connectivity index (χ3v) is 4.46. The highest BCUT2D eigenvalue weighted by molar-refractivity contribution is 5.95. The first-order valence-electron chi connectivity index (χ1n) is 8.32. The van der Waals surface area contributed by atoms with Gasteiger partial charge in [0.1, 0.15) is 6.04 Å². The average molecular weight is 336 g/mol. The van der Waals surface area contributed by atoms with Crippen LogP contribution in [0.25, 0.3) is 0 Å². The van der Waals surface area contributed by atoms with Gasteiger partial charge in [-0.3, -0.25) is 9.59 Å². The minimum atomic E-state index is -0.926. The van der Waals surface area contributed by atoms with Gasteiger partial charge in [-0.15, -0.1) is 6.58 Å². The van der Waals surface area contributed by atoms with Crippen LogP contribution in [0.2, 0.25) is 0 Å². The van der Waals surface area contributed by atoms with Crippen molar-refractivity contribution in [2.45, 2.75) is 31.2 Å². The lowest BCUT2D eigenvalue weighted by molar-refractivity contribution is -0.130. The van der Waals surface area contributed by atoms with Crippen molar-refractivity contribution >= 4 is 11.8 Å². The van der Waals surface area contributed by atoms with E-state index in [-0.39, 0.29) is 5.91 Å². The van der Waals surface area contributed by atoms with E-state index in [0.717, 1.165) is 11.1 Å². The van der Waals surface area contributed by atoms with Gasteiger partial charge in [-0.1, -0.05) is 66.7 Å². The normalized spacial score (nSPS) is 12.2. The Morgan fingerprint density at radius 2 is 1.56 bits per heavy atom. The van der Waals surface area contributed by atoms with Crippen molar-refractivity contribution in [2.75, 3.05) is 0 Å². The number of amides is 2. The van der Waals surface area contributed by atoms with Crippen LogP contribution >= 0.6 is 0 Å². The van der Waals surface area contributed by atoms with Gasteiger partial charge in [0.2, 0.25) is 11.8 Å². The molecule has 2 aromatic rings. The van der Waals surface area contributed by atoms with Crippen LogP contribution in [0, 0.1) is 0 Å². The first-order valence-corrected chi connectivity index (χ1v) is 8.32. The van der Waals surface area contributed by atoms with E-state index in [0.29, 0.717) is 12.8 Å². The molecule has 0 aliphatic heterocycles. The number of allylic oxidation sites excluding steroid dienone is 1. The van der Waals surface area contributed by atoms with Gasteiger partial charge in [0.25, 0.3) is 0 Å². The van der Waals surface area contributed by atoms with Crippen molar-refractivity contribution in [3.63, 3.8) is 0 Å². The summed E-state index contributed by atoms with van der Waals surface area (Å²) in [5.41, 5.74) is 6.24. The summed E-state index contributed by atoms with van der Waals surface area (Å²) in [6, 6.07) is 18.3. The van der Waals surface area contributed by atoms with Gasteiger partial charge >= 0.3 is 0 Å². The molecule has 0 heterocycles. The number of carbonyl (C=O) groups excluding carboxylic acids is 2. The van der Waals surface area contributed by atoms with Crippen LogP contribution in [0.1, 0.15) is 30.9 Å². The molecule has 0 spiro atoms. The molecule has 3 N–H and O–H groups in total. The lowest BCUT2D eigenvalue weighted by Gasteiger charge is -2.31. The minimum Gasteiger partial charge on any atom is -0.368 e. The van der Waals surface area contributed by atoms with Gasteiger partial charge in [-0.2, -0.15) is 0 Å². The van der Waals surface area contributed by atoms with Crippen LogP contribution in [0.4, 0.5) is 0 Å². The molecule has 4 heteroatoms. The monoisotopic (exact) mass is 336 g/mol. The first-order chi connectivity index (χ1) is 12.0. The number of nitrogens with two attached hydrogens (primary N) is 1. The Kier molecular flexibility index (Phi) is 6.12. The predicted molar refractivity (Wildman–Crippen MR) is 99.9 cm³/mol. The van der Waals surface area contributed by atoms with Gasteiger partial charge in [0.15, 0.2) is 0 Å². The van der Waals surface area contributed by atoms with Crippen molar-refractivity contribution in [3.05, 3.63) is 84.4 Å². The lowest BCUT2D eigenvalue weighted by Crippen LogP contribution is -2.51. The molecule has 0 aliphatic rings. The molecule has 0 bridgehead atoms. The Bertz CT molecular complexity index is 687. The van der Waals surface area contributed by atoms with Crippen LogP contribution in [-0.2, 0) is 15.0 Å². The predicted octanol–water partition coefficient (Wildman–Crippen LogP) is 2.93. The maximum absolute atomic E-state index is 13.2. The van der Waals surface area contributed by atoms with E-state index in [4.69, 9.17) is 5.73 Å². The van der Waals surface area contributed by atoms with E-state index in [9.17, 15) is 9.59 Å². The van der Waals surface area contributed by atoms with Crippen LogP contribution in [0.5, 0.6) is 0 Å². The summed E-state index contributed by atoms with van der Waals surface area (Å²) in [6.45, 7) is 5.51. The first kappa shape index (κ1) is 18.5. The zero-order chi connectivity index (χ0) is 18.3. The SMILES string of the molecule is C=CCC[C@H](NC(=O)C(C)(c1ccccc1)c1ccccc1)C(N)=O. The molecule has 4 nitrogen and oxygen atoms in total. The molecule has 25 heavy (non-hydrogen) atoms. The van der Waals surface area contributed by atoms with Crippen molar-refractivity contribution in [1.29, 1.82) is 0 Å². The van der Waals surface area contributed by atoms with Crippen LogP contribution < -0.4 is 11.1 Å². The summed E-state index contributed by atoms with van der Waals surface area (Å²) >= 11 is 0. The fourth-order valence-corrected chi connectivity index (χ4v) is 2.84. The third-order valence-electron chi connectivity index (χ3n) is 4.46. The van der Waals surface area contributed by atoms with Crippen LogP contribution in [0.15, 0.2) is 73.3 Å². The summed E-state index contributed by atoms with van der Waals surface area (Å²) in [7, 11) is 0. The standard InChI is InChI=1S/C21H24N2O2/c1-3-4-15-18(19(22)24)23-20(25)21(2,16-11-7-5-8-12-16)17-13-9-6-10-14-17/h3,5-14,18H,1,4,15H2,2H3,(H2,22,24)(H,23,25)/t18-/m0/s1.